The van der Waals surface area contributed by atoms with Crippen LogP contribution in [-0.4, -0.2) is 30.7 Å². The largest absolute Gasteiger partial charge is 0.383 e. The maximum absolute atomic E-state index is 12.9. The van der Waals surface area contributed by atoms with E-state index in [-0.39, 0.29) is 11.8 Å². The quantitative estimate of drug-likeness (QED) is 0.592. The van der Waals surface area contributed by atoms with Crippen molar-refractivity contribution >= 4 is 40.0 Å². The Kier molecular flexibility index (Phi) is 6.42. The number of halogens is 2. The Bertz CT molecular complexity index is 953. The van der Waals surface area contributed by atoms with E-state index in [4.69, 9.17) is 27.9 Å². The maximum Gasteiger partial charge on any atom is 0.253 e. The number of amides is 1. The average molecular weight is 405 g/mol. The molecule has 27 heavy (non-hydrogen) atoms. The van der Waals surface area contributed by atoms with Gasteiger partial charge in [-0.3, -0.25) is 4.79 Å². The fourth-order valence-corrected chi connectivity index (χ4v) is 3.77. The highest BCUT2D eigenvalue weighted by Crippen LogP contribution is 2.29. The lowest BCUT2D eigenvalue weighted by molar-refractivity contribution is 0.0953. The molecule has 0 radical (unpaired) electrons. The molecule has 0 bridgehead atoms. The number of carbonyl (C=O) groups is 1. The van der Waals surface area contributed by atoms with E-state index in [2.05, 4.69) is 5.32 Å². The Morgan fingerprint density at radius 3 is 2.63 bits per heavy atom. The number of fused-ring (bicyclic) bond motifs is 1. The second-order valence-corrected chi connectivity index (χ2v) is 7.31. The monoisotopic (exact) mass is 404 g/mol. The average Bonchev–Trinajstić information content (AvgIpc) is 3.04. The minimum Gasteiger partial charge on any atom is -0.383 e. The molecule has 1 heterocycles. The van der Waals surface area contributed by atoms with Crippen LogP contribution in [-0.2, 0) is 11.3 Å². The van der Waals surface area contributed by atoms with Crippen LogP contribution in [0.2, 0.25) is 10.0 Å². The molecule has 1 N–H and O–H groups in total. The first-order valence-electron chi connectivity index (χ1n) is 8.81. The molecule has 0 fully saturated rings. The van der Waals surface area contributed by atoms with E-state index in [1.54, 1.807) is 13.2 Å². The lowest BCUT2D eigenvalue weighted by atomic mass is 10.0. The van der Waals surface area contributed by atoms with Crippen LogP contribution >= 0.6 is 23.2 Å². The zero-order chi connectivity index (χ0) is 19.4. The smallest absolute Gasteiger partial charge is 0.253 e. The highest BCUT2D eigenvalue weighted by Gasteiger charge is 2.18. The van der Waals surface area contributed by atoms with Gasteiger partial charge in [0, 0.05) is 36.8 Å². The molecule has 0 saturated heterocycles. The highest BCUT2D eigenvalue weighted by atomic mass is 35.5. The lowest BCUT2D eigenvalue weighted by Crippen LogP contribution is -2.27. The second-order valence-electron chi connectivity index (χ2n) is 6.50. The summed E-state index contributed by atoms with van der Waals surface area (Å²) < 4.78 is 7.16. The molecule has 0 aliphatic heterocycles. The van der Waals surface area contributed by atoms with Gasteiger partial charge in [-0.15, -0.1) is 0 Å². The molecule has 2 aromatic carbocycles. The zero-order valence-corrected chi connectivity index (χ0v) is 16.8. The van der Waals surface area contributed by atoms with E-state index in [9.17, 15) is 4.79 Å². The van der Waals surface area contributed by atoms with E-state index in [1.165, 1.54) is 0 Å². The van der Waals surface area contributed by atoms with Crippen molar-refractivity contribution in [3.05, 3.63) is 69.8 Å². The molecule has 142 valence electrons. The second kappa shape index (κ2) is 8.79. The van der Waals surface area contributed by atoms with Gasteiger partial charge in [-0.25, -0.2) is 0 Å². The van der Waals surface area contributed by atoms with Crippen LogP contribution in [0, 0.1) is 0 Å². The van der Waals surface area contributed by atoms with Gasteiger partial charge in [-0.1, -0.05) is 54.4 Å². The van der Waals surface area contributed by atoms with Crippen LogP contribution in [0.15, 0.2) is 48.7 Å². The van der Waals surface area contributed by atoms with Crippen molar-refractivity contribution in [2.75, 3.05) is 20.3 Å². The predicted molar refractivity (Wildman–Crippen MR) is 111 cm³/mol. The molecule has 0 saturated carbocycles. The van der Waals surface area contributed by atoms with Crippen LogP contribution in [0.3, 0.4) is 0 Å². The fourth-order valence-electron chi connectivity index (χ4n) is 3.18. The van der Waals surface area contributed by atoms with E-state index in [0.29, 0.717) is 35.3 Å². The van der Waals surface area contributed by atoms with Crippen molar-refractivity contribution in [2.45, 2.75) is 19.4 Å². The molecule has 3 aromatic rings. The third-order valence-corrected chi connectivity index (χ3v) is 5.30. The van der Waals surface area contributed by atoms with Crippen molar-refractivity contribution in [3.63, 3.8) is 0 Å². The Morgan fingerprint density at radius 1 is 1.15 bits per heavy atom. The van der Waals surface area contributed by atoms with Crippen molar-refractivity contribution in [2.24, 2.45) is 0 Å². The van der Waals surface area contributed by atoms with Crippen LogP contribution in [0.4, 0.5) is 0 Å². The number of aromatic nitrogens is 1. The lowest BCUT2D eigenvalue weighted by Gasteiger charge is -2.14. The van der Waals surface area contributed by atoms with Crippen molar-refractivity contribution < 1.29 is 9.53 Å². The van der Waals surface area contributed by atoms with Gasteiger partial charge < -0.3 is 14.6 Å². The number of benzene rings is 2. The van der Waals surface area contributed by atoms with Gasteiger partial charge in [-0.2, -0.15) is 0 Å². The number of ether oxygens (including phenoxy) is 1. The number of rotatable bonds is 7. The molecule has 1 amide bonds. The summed E-state index contributed by atoms with van der Waals surface area (Å²) in [5, 5.41) is 5.04. The number of hydrogen-bond acceptors (Lipinski definition) is 2. The minimum atomic E-state index is -0.150. The van der Waals surface area contributed by atoms with Crippen molar-refractivity contribution in [1.29, 1.82) is 0 Å². The summed E-state index contributed by atoms with van der Waals surface area (Å²) in [5.74, 6) is -0.0527. The fraction of sp³-hybridized carbons (Fsp3) is 0.286. The predicted octanol–water partition coefficient (Wildman–Crippen LogP) is 5.13. The zero-order valence-electron chi connectivity index (χ0n) is 15.3. The summed E-state index contributed by atoms with van der Waals surface area (Å²) in [7, 11) is 1.66. The molecule has 0 aliphatic rings. The number of nitrogens with zero attached hydrogens (tertiary/aromatic N) is 1. The summed E-state index contributed by atoms with van der Waals surface area (Å²) >= 11 is 12.6. The van der Waals surface area contributed by atoms with Gasteiger partial charge in [0.25, 0.3) is 5.91 Å². The van der Waals surface area contributed by atoms with Crippen LogP contribution < -0.4 is 5.32 Å². The molecule has 3 rings (SSSR count). The summed E-state index contributed by atoms with van der Waals surface area (Å²) in [6, 6.07) is 13.3. The van der Waals surface area contributed by atoms with Gasteiger partial charge >= 0.3 is 0 Å². The molecule has 0 spiro atoms. The molecule has 1 atom stereocenters. The number of methoxy groups -OCH3 is 1. The number of hydrogen-bond donors (Lipinski definition) is 1. The summed E-state index contributed by atoms with van der Waals surface area (Å²) in [6.45, 7) is 3.73. The topological polar surface area (TPSA) is 43.3 Å². The molecule has 0 aliphatic carbocycles. The summed E-state index contributed by atoms with van der Waals surface area (Å²) in [4.78, 5) is 12.9. The van der Waals surface area contributed by atoms with E-state index < -0.39 is 0 Å². The molecule has 6 heteroatoms. The molecule has 1 aromatic heterocycles. The van der Waals surface area contributed by atoms with Gasteiger partial charge in [0.15, 0.2) is 0 Å². The SMILES string of the molecule is COCCn1cc(C(=O)NCC(C)c2ccccc2Cl)c2c(Cl)cccc21. The first-order chi connectivity index (χ1) is 13.0. The Labute approximate surface area is 169 Å². The first kappa shape index (κ1) is 19.7. The van der Waals surface area contributed by atoms with E-state index in [1.807, 2.05) is 54.1 Å². The van der Waals surface area contributed by atoms with E-state index in [0.717, 1.165) is 16.5 Å². The molecular formula is C21H22Cl2N2O2. The number of nitrogens with one attached hydrogen (secondary N) is 1. The minimum absolute atomic E-state index is 0.0972. The van der Waals surface area contributed by atoms with Gasteiger partial charge in [0.2, 0.25) is 0 Å². The van der Waals surface area contributed by atoms with Gasteiger partial charge in [0.05, 0.1) is 22.7 Å². The summed E-state index contributed by atoms with van der Waals surface area (Å²) in [6.07, 6.45) is 1.84. The summed E-state index contributed by atoms with van der Waals surface area (Å²) in [5.41, 5.74) is 2.50. The third-order valence-electron chi connectivity index (χ3n) is 4.64. The van der Waals surface area contributed by atoms with Crippen LogP contribution in [0.25, 0.3) is 10.9 Å². The Hall–Kier alpha value is -2.01. The van der Waals surface area contributed by atoms with E-state index >= 15 is 0 Å². The Morgan fingerprint density at radius 2 is 1.89 bits per heavy atom. The first-order valence-corrected chi connectivity index (χ1v) is 9.57. The van der Waals surface area contributed by atoms with Gasteiger partial charge in [0.1, 0.15) is 0 Å². The van der Waals surface area contributed by atoms with Crippen molar-refractivity contribution in [1.82, 2.24) is 9.88 Å². The molecule has 4 nitrogen and oxygen atoms in total. The highest BCUT2D eigenvalue weighted by molar-refractivity contribution is 6.36. The van der Waals surface area contributed by atoms with Crippen molar-refractivity contribution in [3.8, 4) is 0 Å². The van der Waals surface area contributed by atoms with Crippen LogP contribution in [0.5, 0.6) is 0 Å². The molecule has 1 unspecified atom stereocenters. The molecular weight excluding hydrogens is 383 g/mol. The normalized spacial score (nSPS) is 12.3. The maximum atomic E-state index is 12.9. The van der Waals surface area contributed by atoms with Gasteiger partial charge in [-0.05, 0) is 29.7 Å². The third kappa shape index (κ3) is 4.29. The Balaban J connectivity index is 1.82. The number of carbonyl (C=O) groups excluding carboxylic acids is 1. The standard InChI is InChI=1S/C21H22Cl2N2O2/c1-14(15-6-3-4-7-17(15)22)12-24-21(26)16-13-25(10-11-27-2)19-9-5-8-18(23)20(16)19/h3-9,13-14H,10-12H2,1-2H3,(H,24,26). The van der Waals surface area contributed by atoms with Crippen LogP contribution in [0.1, 0.15) is 28.8 Å².